The summed E-state index contributed by atoms with van der Waals surface area (Å²) in [5, 5.41) is 26.4. The maximum absolute atomic E-state index is 13.1. The molecular formula is C24H37N3O5. The van der Waals surface area contributed by atoms with E-state index in [1.807, 2.05) is 0 Å². The molecule has 8 nitrogen and oxygen atoms in total. The van der Waals surface area contributed by atoms with Crippen LogP contribution in [0.25, 0.3) is 0 Å². The molecule has 0 aromatic heterocycles. The summed E-state index contributed by atoms with van der Waals surface area (Å²) >= 11 is 0. The third-order valence-electron chi connectivity index (χ3n) is 6.38. The molecule has 1 fully saturated rings. The van der Waals surface area contributed by atoms with Crippen LogP contribution in [0.1, 0.15) is 52.5 Å². The molecule has 2 rings (SSSR count). The standard InChI is InChI=1S/C24H37N3O5/c1-14(2)20-10-5-15(3)11-21(20)23(30)25-13-18(12-17-6-8-19(28)9-7-17)27-22(29)16(4)26-24(31)32/h6-9,14-16,18,20-21,26,28H,5,10-13H2,1-4H3,(H,25,30)(H,27,29)(H,31,32)/t15-,16?,18?,20+,21-/m1/s1. The Morgan fingerprint density at radius 1 is 1.06 bits per heavy atom. The first-order valence-corrected chi connectivity index (χ1v) is 11.4. The van der Waals surface area contributed by atoms with E-state index in [-0.39, 0.29) is 24.1 Å². The molecule has 8 heteroatoms. The van der Waals surface area contributed by atoms with Crippen LogP contribution in [0.5, 0.6) is 5.75 Å². The molecule has 0 spiro atoms. The molecule has 5 N–H and O–H groups in total. The summed E-state index contributed by atoms with van der Waals surface area (Å²) in [4.78, 5) is 36.4. The van der Waals surface area contributed by atoms with Crippen LogP contribution >= 0.6 is 0 Å². The van der Waals surface area contributed by atoms with Crippen LogP contribution in [0, 0.1) is 23.7 Å². The first-order chi connectivity index (χ1) is 15.1. The van der Waals surface area contributed by atoms with Gasteiger partial charge in [0.1, 0.15) is 11.8 Å². The lowest BCUT2D eigenvalue weighted by molar-refractivity contribution is -0.130. The van der Waals surface area contributed by atoms with Gasteiger partial charge in [-0.1, -0.05) is 39.3 Å². The molecule has 1 aromatic carbocycles. The molecule has 0 aliphatic heterocycles. The van der Waals surface area contributed by atoms with Gasteiger partial charge in [-0.2, -0.15) is 0 Å². The fourth-order valence-corrected chi connectivity index (χ4v) is 4.53. The van der Waals surface area contributed by atoms with E-state index in [0.29, 0.717) is 24.2 Å². The maximum Gasteiger partial charge on any atom is 0.405 e. The number of phenols is 1. The topological polar surface area (TPSA) is 128 Å². The number of nitrogens with one attached hydrogen (secondary N) is 3. The van der Waals surface area contributed by atoms with E-state index in [0.717, 1.165) is 24.8 Å². The van der Waals surface area contributed by atoms with Gasteiger partial charge in [-0.05, 0) is 61.6 Å². The summed E-state index contributed by atoms with van der Waals surface area (Å²) in [7, 11) is 0. The molecule has 1 saturated carbocycles. The zero-order valence-electron chi connectivity index (χ0n) is 19.4. The maximum atomic E-state index is 13.1. The van der Waals surface area contributed by atoms with Crippen molar-refractivity contribution in [2.24, 2.45) is 23.7 Å². The summed E-state index contributed by atoms with van der Waals surface area (Å²) in [6.45, 7) is 8.20. The van der Waals surface area contributed by atoms with E-state index >= 15 is 0 Å². The van der Waals surface area contributed by atoms with Crippen molar-refractivity contribution in [3.8, 4) is 5.75 Å². The zero-order chi connectivity index (χ0) is 23.8. The molecule has 1 aromatic rings. The summed E-state index contributed by atoms with van der Waals surface area (Å²) in [6, 6.07) is 5.30. The summed E-state index contributed by atoms with van der Waals surface area (Å²) in [6.07, 6.45) is 2.20. The van der Waals surface area contributed by atoms with Crippen LogP contribution in [0.2, 0.25) is 0 Å². The molecule has 2 unspecified atom stereocenters. The van der Waals surface area contributed by atoms with Crippen LogP contribution in [-0.4, -0.2) is 46.7 Å². The van der Waals surface area contributed by atoms with Crippen molar-refractivity contribution in [1.29, 1.82) is 0 Å². The van der Waals surface area contributed by atoms with Crippen molar-refractivity contribution in [2.75, 3.05) is 6.54 Å². The monoisotopic (exact) mass is 447 g/mol. The van der Waals surface area contributed by atoms with Gasteiger partial charge in [-0.15, -0.1) is 0 Å². The molecule has 3 amide bonds. The average Bonchev–Trinajstić information content (AvgIpc) is 2.72. The van der Waals surface area contributed by atoms with Gasteiger partial charge < -0.3 is 26.2 Å². The molecule has 1 aliphatic rings. The smallest absolute Gasteiger partial charge is 0.405 e. The van der Waals surface area contributed by atoms with Crippen LogP contribution in [0.15, 0.2) is 24.3 Å². The predicted molar refractivity (Wildman–Crippen MR) is 122 cm³/mol. The van der Waals surface area contributed by atoms with Gasteiger partial charge in [0.15, 0.2) is 0 Å². The largest absolute Gasteiger partial charge is 0.508 e. The van der Waals surface area contributed by atoms with Gasteiger partial charge in [-0.3, -0.25) is 9.59 Å². The highest BCUT2D eigenvalue weighted by Gasteiger charge is 2.35. The lowest BCUT2D eigenvalue weighted by atomic mass is 9.70. The number of aromatic hydroxyl groups is 1. The van der Waals surface area contributed by atoms with Gasteiger partial charge in [0.2, 0.25) is 11.8 Å². The van der Waals surface area contributed by atoms with Gasteiger partial charge in [0.05, 0.1) is 6.04 Å². The zero-order valence-corrected chi connectivity index (χ0v) is 19.4. The van der Waals surface area contributed by atoms with Gasteiger partial charge in [-0.25, -0.2) is 4.79 Å². The molecule has 0 radical (unpaired) electrons. The Morgan fingerprint density at radius 3 is 2.31 bits per heavy atom. The van der Waals surface area contributed by atoms with Gasteiger partial charge >= 0.3 is 6.09 Å². The minimum absolute atomic E-state index is 0.0110. The first kappa shape index (κ1) is 25.5. The molecule has 5 atom stereocenters. The fourth-order valence-electron chi connectivity index (χ4n) is 4.53. The number of carbonyl (C=O) groups excluding carboxylic acids is 2. The minimum Gasteiger partial charge on any atom is -0.508 e. The number of carbonyl (C=O) groups is 3. The molecule has 0 heterocycles. The predicted octanol–water partition coefficient (Wildman–Crippen LogP) is 2.90. The highest BCUT2D eigenvalue weighted by atomic mass is 16.4. The number of carboxylic acid groups (broad SMARTS) is 1. The summed E-state index contributed by atoms with van der Waals surface area (Å²) in [5.41, 5.74) is 0.882. The number of benzene rings is 1. The second-order valence-electron chi connectivity index (χ2n) is 9.43. The second kappa shape index (κ2) is 11.7. The van der Waals surface area contributed by atoms with Gasteiger partial charge in [0.25, 0.3) is 0 Å². The van der Waals surface area contributed by atoms with Crippen LogP contribution < -0.4 is 16.0 Å². The minimum atomic E-state index is -1.28. The van der Waals surface area contributed by atoms with Gasteiger partial charge in [0, 0.05) is 12.5 Å². The number of rotatable bonds is 9. The van der Waals surface area contributed by atoms with E-state index in [2.05, 4.69) is 36.7 Å². The first-order valence-electron chi connectivity index (χ1n) is 11.4. The van der Waals surface area contributed by atoms with Crippen molar-refractivity contribution in [3.05, 3.63) is 29.8 Å². The molecule has 0 saturated heterocycles. The van der Waals surface area contributed by atoms with Crippen molar-refractivity contribution >= 4 is 17.9 Å². The molecule has 178 valence electrons. The van der Waals surface area contributed by atoms with Crippen molar-refractivity contribution in [1.82, 2.24) is 16.0 Å². The third-order valence-corrected chi connectivity index (χ3v) is 6.38. The molecule has 32 heavy (non-hydrogen) atoms. The van der Waals surface area contributed by atoms with E-state index in [4.69, 9.17) is 5.11 Å². The van der Waals surface area contributed by atoms with Crippen LogP contribution in [0.3, 0.4) is 0 Å². The highest BCUT2D eigenvalue weighted by Crippen LogP contribution is 2.38. The van der Waals surface area contributed by atoms with Crippen LogP contribution in [-0.2, 0) is 16.0 Å². The lowest BCUT2D eigenvalue weighted by Crippen LogP contribution is -2.52. The second-order valence-corrected chi connectivity index (χ2v) is 9.43. The summed E-state index contributed by atoms with van der Waals surface area (Å²) in [5.74, 6) is 0.930. The molecule has 0 bridgehead atoms. The Labute approximate surface area is 190 Å². The van der Waals surface area contributed by atoms with E-state index < -0.39 is 24.1 Å². The number of phenolic OH excluding ortho intramolecular Hbond substituents is 1. The lowest BCUT2D eigenvalue weighted by Gasteiger charge is -2.36. The third kappa shape index (κ3) is 7.73. The Hall–Kier alpha value is -2.77. The quantitative estimate of drug-likeness (QED) is 0.398. The number of amides is 3. The fraction of sp³-hybridized carbons (Fsp3) is 0.625. The molecular weight excluding hydrogens is 410 g/mol. The Morgan fingerprint density at radius 2 is 1.72 bits per heavy atom. The summed E-state index contributed by atoms with van der Waals surface area (Å²) < 4.78 is 0. The van der Waals surface area contributed by atoms with E-state index in [1.54, 1.807) is 24.3 Å². The molecule has 1 aliphatic carbocycles. The Kier molecular flexibility index (Phi) is 9.35. The average molecular weight is 448 g/mol. The van der Waals surface area contributed by atoms with Crippen molar-refractivity contribution in [2.45, 2.75) is 65.5 Å². The highest BCUT2D eigenvalue weighted by molar-refractivity contribution is 5.85. The normalized spacial score (nSPS) is 22.6. The van der Waals surface area contributed by atoms with E-state index in [1.165, 1.54) is 6.92 Å². The Bertz CT molecular complexity index is 780. The van der Waals surface area contributed by atoms with Crippen molar-refractivity contribution < 1.29 is 24.6 Å². The van der Waals surface area contributed by atoms with E-state index in [9.17, 15) is 19.5 Å². The van der Waals surface area contributed by atoms with Crippen molar-refractivity contribution in [3.63, 3.8) is 0 Å². The number of hydrogen-bond acceptors (Lipinski definition) is 4. The Balaban J connectivity index is 2.07. The number of hydrogen-bond donors (Lipinski definition) is 5. The van der Waals surface area contributed by atoms with Crippen LogP contribution in [0.4, 0.5) is 4.79 Å². The SMILES string of the molecule is CC(NC(=O)O)C(=O)NC(CNC(=O)[C@@H]1C[C@H](C)CC[C@H]1C(C)C)Cc1ccc(O)cc1.